The number of halogens is 6. The van der Waals surface area contributed by atoms with Gasteiger partial charge in [0.1, 0.15) is 0 Å². The predicted molar refractivity (Wildman–Crippen MR) is 127 cm³/mol. The van der Waals surface area contributed by atoms with Gasteiger partial charge < -0.3 is 10.1 Å². The van der Waals surface area contributed by atoms with Crippen LogP contribution in [-0.2, 0) is 23.4 Å². The lowest BCUT2D eigenvalue weighted by Crippen LogP contribution is -2.42. The average Bonchev–Trinajstić information content (AvgIpc) is 3.22. The maximum absolute atomic E-state index is 14.2. The van der Waals surface area contributed by atoms with E-state index in [1.807, 2.05) is 24.3 Å². The van der Waals surface area contributed by atoms with Gasteiger partial charge in [0.15, 0.2) is 0 Å². The molecule has 2 aromatic carbocycles. The van der Waals surface area contributed by atoms with E-state index in [2.05, 4.69) is 26.2 Å². The van der Waals surface area contributed by atoms with Crippen LogP contribution in [0.5, 0.6) is 0 Å². The molecule has 4 rings (SSSR count). The minimum absolute atomic E-state index is 0.114. The summed E-state index contributed by atoms with van der Waals surface area (Å²) in [6, 6.07) is 15.0. The van der Waals surface area contributed by atoms with E-state index in [4.69, 9.17) is 27.9 Å². The van der Waals surface area contributed by atoms with Crippen molar-refractivity contribution in [1.82, 2.24) is 10.3 Å². The topological polar surface area (TPSA) is 34.2 Å². The highest BCUT2D eigenvalue weighted by Gasteiger charge is 2.60. The van der Waals surface area contributed by atoms with E-state index in [1.165, 1.54) is 24.5 Å². The monoisotopic (exact) mass is 556 g/mol. The number of pyridine rings is 1. The number of hydrogen-bond donors (Lipinski definition) is 1. The van der Waals surface area contributed by atoms with Crippen molar-refractivity contribution in [3.63, 3.8) is 0 Å². The summed E-state index contributed by atoms with van der Waals surface area (Å²) < 4.78 is 48.7. The van der Waals surface area contributed by atoms with E-state index in [9.17, 15) is 13.2 Å². The molecule has 1 aliphatic heterocycles. The molecule has 0 bridgehead atoms. The van der Waals surface area contributed by atoms with Crippen molar-refractivity contribution in [2.45, 2.75) is 31.3 Å². The molecule has 1 aliphatic rings. The fraction of sp³-hybridized carbons (Fsp3) is 0.208. The van der Waals surface area contributed by atoms with Crippen LogP contribution in [0.3, 0.4) is 0 Å². The summed E-state index contributed by atoms with van der Waals surface area (Å²) in [5.41, 5.74) is 0.271. The van der Waals surface area contributed by atoms with Gasteiger partial charge in [-0.3, -0.25) is 4.98 Å². The van der Waals surface area contributed by atoms with Crippen LogP contribution in [0.25, 0.3) is 5.57 Å². The standard InChI is InChI=1S/C24H18BrCl2F3N2O/c25-22-7-15(4-5-16(22)12-31-13-21-3-1-2-6-32-21)17-11-23(33-14-17,24(28,29)30)18-8-19(26)10-20(27)9-18/h1-10,14,31H,11-13H2/t23-/m1/s1. The number of nitrogens with zero attached hydrogens (tertiary/aromatic N) is 1. The van der Waals surface area contributed by atoms with E-state index in [0.717, 1.165) is 15.7 Å². The molecule has 33 heavy (non-hydrogen) atoms. The van der Waals surface area contributed by atoms with Crippen molar-refractivity contribution in [2.75, 3.05) is 0 Å². The van der Waals surface area contributed by atoms with Crippen molar-refractivity contribution < 1.29 is 17.9 Å². The molecule has 3 aromatic rings. The summed E-state index contributed by atoms with van der Waals surface area (Å²) in [6.07, 6.45) is -2.16. The first kappa shape index (κ1) is 24.1. The van der Waals surface area contributed by atoms with Gasteiger partial charge in [0.25, 0.3) is 0 Å². The Morgan fingerprint density at radius 2 is 1.79 bits per heavy atom. The van der Waals surface area contributed by atoms with Gasteiger partial charge in [-0.05, 0) is 53.1 Å². The normalized spacial score (nSPS) is 18.2. The summed E-state index contributed by atoms with van der Waals surface area (Å²) in [7, 11) is 0. The molecule has 0 spiro atoms. The number of rotatable bonds is 6. The molecule has 0 aliphatic carbocycles. The van der Waals surface area contributed by atoms with Gasteiger partial charge in [0.05, 0.1) is 12.0 Å². The van der Waals surface area contributed by atoms with Crippen LogP contribution < -0.4 is 5.32 Å². The SMILES string of the molecule is FC(F)(F)[C@]1(c2cc(Cl)cc(Cl)c2)CC(c2ccc(CNCc3ccccn3)c(Br)c2)=CO1. The second-order valence-corrected chi connectivity index (χ2v) is 9.38. The van der Waals surface area contributed by atoms with E-state index in [-0.39, 0.29) is 15.6 Å². The first-order valence-electron chi connectivity index (χ1n) is 9.97. The molecule has 3 nitrogen and oxygen atoms in total. The van der Waals surface area contributed by atoms with Crippen molar-refractivity contribution in [3.05, 3.63) is 104 Å². The van der Waals surface area contributed by atoms with Crippen LogP contribution >= 0.6 is 39.1 Å². The van der Waals surface area contributed by atoms with E-state index < -0.39 is 18.2 Å². The summed E-state index contributed by atoms with van der Waals surface area (Å²) >= 11 is 15.5. The maximum Gasteiger partial charge on any atom is 0.432 e. The lowest BCUT2D eigenvalue weighted by atomic mass is 9.86. The van der Waals surface area contributed by atoms with Gasteiger partial charge in [-0.25, -0.2) is 0 Å². The highest BCUT2D eigenvalue weighted by atomic mass is 79.9. The second-order valence-electron chi connectivity index (χ2n) is 7.65. The number of ether oxygens (including phenoxy) is 1. The van der Waals surface area contributed by atoms with Crippen molar-refractivity contribution in [3.8, 4) is 0 Å². The Bertz CT molecular complexity index is 1170. The van der Waals surface area contributed by atoms with Crippen LogP contribution in [-0.4, -0.2) is 11.2 Å². The molecule has 1 aromatic heterocycles. The Balaban J connectivity index is 1.52. The highest BCUT2D eigenvalue weighted by molar-refractivity contribution is 9.10. The molecule has 0 radical (unpaired) electrons. The Hall–Kier alpha value is -2.06. The quantitative estimate of drug-likeness (QED) is 0.338. The fourth-order valence-electron chi connectivity index (χ4n) is 3.70. The number of nitrogens with one attached hydrogen (secondary N) is 1. The van der Waals surface area contributed by atoms with Crippen LogP contribution in [0, 0.1) is 0 Å². The zero-order chi connectivity index (χ0) is 23.6. The molecular formula is C24H18BrCl2F3N2O. The lowest BCUT2D eigenvalue weighted by Gasteiger charge is -2.32. The van der Waals surface area contributed by atoms with Gasteiger partial charge in [0.2, 0.25) is 5.60 Å². The molecule has 1 atom stereocenters. The lowest BCUT2D eigenvalue weighted by molar-refractivity contribution is -0.260. The molecule has 0 saturated carbocycles. The molecule has 172 valence electrons. The number of aromatic nitrogens is 1. The predicted octanol–water partition coefficient (Wildman–Crippen LogP) is 7.66. The highest BCUT2D eigenvalue weighted by Crippen LogP contribution is 2.52. The Morgan fingerprint density at radius 3 is 2.42 bits per heavy atom. The Morgan fingerprint density at radius 1 is 1.03 bits per heavy atom. The third-order valence-corrected chi connectivity index (χ3v) is 6.57. The van der Waals surface area contributed by atoms with Gasteiger partial charge in [-0.1, -0.05) is 57.3 Å². The first-order chi connectivity index (χ1) is 15.7. The molecule has 1 N–H and O–H groups in total. The molecule has 2 heterocycles. The van der Waals surface area contributed by atoms with Crippen LogP contribution in [0.4, 0.5) is 13.2 Å². The first-order valence-corrected chi connectivity index (χ1v) is 11.5. The van der Waals surface area contributed by atoms with Gasteiger partial charge in [0, 0.05) is 45.8 Å². The van der Waals surface area contributed by atoms with Crippen molar-refractivity contribution >= 4 is 44.7 Å². The van der Waals surface area contributed by atoms with E-state index in [0.29, 0.717) is 24.2 Å². The summed E-state index contributed by atoms with van der Waals surface area (Å²) in [4.78, 5) is 4.26. The minimum atomic E-state index is -4.67. The molecular weight excluding hydrogens is 540 g/mol. The van der Waals surface area contributed by atoms with Crippen LogP contribution in [0.2, 0.25) is 10.0 Å². The smallest absolute Gasteiger partial charge is 0.432 e. The molecule has 0 unspecified atom stereocenters. The average molecular weight is 558 g/mol. The van der Waals surface area contributed by atoms with Crippen LogP contribution in [0.1, 0.15) is 28.8 Å². The molecule has 0 saturated heterocycles. The summed E-state index contributed by atoms with van der Waals surface area (Å²) in [5, 5.41) is 3.54. The largest absolute Gasteiger partial charge is 0.480 e. The molecule has 9 heteroatoms. The third-order valence-electron chi connectivity index (χ3n) is 5.40. The Labute approximate surface area is 207 Å². The summed E-state index contributed by atoms with van der Waals surface area (Å²) in [5.74, 6) is 0. The molecule has 0 fully saturated rings. The van der Waals surface area contributed by atoms with Gasteiger partial charge in [-0.2, -0.15) is 13.2 Å². The summed E-state index contributed by atoms with van der Waals surface area (Å²) in [6.45, 7) is 1.17. The third kappa shape index (κ3) is 5.22. The van der Waals surface area contributed by atoms with Crippen molar-refractivity contribution in [2.24, 2.45) is 0 Å². The van der Waals surface area contributed by atoms with Gasteiger partial charge >= 0.3 is 6.18 Å². The molecule has 0 amide bonds. The zero-order valence-corrected chi connectivity index (χ0v) is 20.2. The van der Waals surface area contributed by atoms with E-state index in [1.54, 1.807) is 18.3 Å². The van der Waals surface area contributed by atoms with Crippen LogP contribution in [0.15, 0.2) is 71.5 Å². The number of alkyl halides is 3. The minimum Gasteiger partial charge on any atom is -0.480 e. The number of benzene rings is 2. The Kier molecular flexibility index (Phi) is 7.05. The fourth-order valence-corrected chi connectivity index (χ4v) is 4.74. The number of hydrogen-bond acceptors (Lipinski definition) is 3. The van der Waals surface area contributed by atoms with Gasteiger partial charge in [-0.15, -0.1) is 0 Å². The second kappa shape index (κ2) is 9.66. The zero-order valence-electron chi connectivity index (χ0n) is 17.1. The van der Waals surface area contributed by atoms with E-state index >= 15 is 0 Å². The van der Waals surface area contributed by atoms with Crippen molar-refractivity contribution in [1.29, 1.82) is 0 Å². The maximum atomic E-state index is 14.2.